The molecule has 2 rings (SSSR count). The number of aromatic nitrogens is 2. The molecule has 0 saturated carbocycles. The predicted molar refractivity (Wildman–Crippen MR) is 65.5 cm³/mol. The minimum atomic E-state index is 0.361. The van der Waals surface area contributed by atoms with Gasteiger partial charge in [-0.1, -0.05) is 11.6 Å². The summed E-state index contributed by atoms with van der Waals surface area (Å²) < 4.78 is 6.43. The summed E-state index contributed by atoms with van der Waals surface area (Å²) in [6.07, 6.45) is 3.34. The van der Waals surface area contributed by atoms with Gasteiger partial charge in [-0.3, -0.25) is 4.98 Å². The molecular weight excluding hydrogens is 291 g/mol. The standard InChI is InChI=1S/C11H8BrClN2O/c12-8-3-4-9(15-6-8)7-16-10-2-1-5-14-11(10)13/h1-6H,7H2. The minimum Gasteiger partial charge on any atom is -0.484 e. The molecule has 0 N–H and O–H groups in total. The summed E-state index contributed by atoms with van der Waals surface area (Å²) in [6, 6.07) is 7.34. The lowest BCUT2D eigenvalue weighted by molar-refractivity contribution is 0.300. The molecule has 0 unspecified atom stereocenters. The Labute approximate surface area is 107 Å². The SMILES string of the molecule is Clc1ncccc1OCc1ccc(Br)cn1. The molecule has 2 heterocycles. The summed E-state index contributed by atoms with van der Waals surface area (Å²) in [6.45, 7) is 0.374. The first kappa shape index (κ1) is 11.4. The summed E-state index contributed by atoms with van der Waals surface area (Å²) >= 11 is 9.17. The highest BCUT2D eigenvalue weighted by Gasteiger charge is 2.02. The molecular formula is C11H8BrClN2O. The lowest BCUT2D eigenvalue weighted by Gasteiger charge is -2.06. The van der Waals surface area contributed by atoms with E-state index in [2.05, 4.69) is 25.9 Å². The van der Waals surface area contributed by atoms with Crippen molar-refractivity contribution in [1.29, 1.82) is 0 Å². The molecule has 0 atom stereocenters. The minimum absolute atomic E-state index is 0.361. The van der Waals surface area contributed by atoms with Crippen LogP contribution < -0.4 is 4.74 Å². The fraction of sp³-hybridized carbons (Fsp3) is 0.0909. The van der Waals surface area contributed by atoms with E-state index in [-0.39, 0.29) is 0 Å². The van der Waals surface area contributed by atoms with Gasteiger partial charge in [-0.25, -0.2) is 4.98 Å². The van der Waals surface area contributed by atoms with Gasteiger partial charge < -0.3 is 4.74 Å². The van der Waals surface area contributed by atoms with Crippen LogP contribution in [0.2, 0.25) is 5.15 Å². The first-order valence-corrected chi connectivity index (χ1v) is 5.76. The third kappa shape index (κ3) is 2.93. The van der Waals surface area contributed by atoms with Crippen molar-refractivity contribution in [3.8, 4) is 5.75 Å². The number of ether oxygens (including phenoxy) is 1. The molecule has 0 saturated heterocycles. The van der Waals surface area contributed by atoms with Crippen LogP contribution in [0.4, 0.5) is 0 Å². The van der Waals surface area contributed by atoms with Gasteiger partial charge >= 0.3 is 0 Å². The second-order valence-electron chi connectivity index (χ2n) is 3.05. The third-order valence-corrected chi connectivity index (χ3v) is 2.64. The molecule has 5 heteroatoms. The first-order chi connectivity index (χ1) is 7.75. The van der Waals surface area contributed by atoms with E-state index in [9.17, 15) is 0 Å². The van der Waals surface area contributed by atoms with Crippen molar-refractivity contribution in [1.82, 2.24) is 9.97 Å². The maximum atomic E-state index is 5.85. The largest absolute Gasteiger partial charge is 0.484 e. The summed E-state index contributed by atoms with van der Waals surface area (Å²) in [5, 5.41) is 0.361. The van der Waals surface area contributed by atoms with Gasteiger partial charge in [-0.2, -0.15) is 0 Å². The summed E-state index contributed by atoms with van der Waals surface area (Å²) in [7, 11) is 0. The molecule has 0 fully saturated rings. The van der Waals surface area contributed by atoms with Gasteiger partial charge in [-0.15, -0.1) is 0 Å². The van der Waals surface area contributed by atoms with Crippen LogP contribution in [-0.4, -0.2) is 9.97 Å². The number of pyridine rings is 2. The molecule has 2 aromatic heterocycles. The highest BCUT2D eigenvalue weighted by molar-refractivity contribution is 9.10. The van der Waals surface area contributed by atoms with Crippen LogP contribution in [0, 0.1) is 0 Å². The molecule has 0 bridgehead atoms. The highest BCUT2D eigenvalue weighted by Crippen LogP contribution is 2.21. The molecule has 16 heavy (non-hydrogen) atoms. The Morgan fingerprint density at radius 1 is 1.25 bits per heavy atom. The van der Waals surface area contributed by atoms with E-state index in [4.69, 9.17) is 16.3 Å². The maximum absolute atomic E-state index is 5.85. The van der Waals surface area contributed by atoms with Gasteiger partial charge in [0.25, 0.3) is 0 Å². The zero-order valence-electron chi connectivity index (χ0n) is 8.23. The van der Waals surface area contributed by atoms with Crippen molar-refractivity contribution in [3.63, 3.8) is 0 Å². The topological polar surface area (TPSA) is 35.0 Å². The monoisotopic (exact) mass is 298 g/mol. The number of rotatable bonds is 3. The van der Waals surface area contributed by atoms with Crippen LogP contribution in [-0.2, 0) is 6.61 Å². The Bertz CT molecular complexity index is 476. The quantitative estimate of drug-likeness (QED) is 0.814. The Morgan fingerprint density at radius 3 is 2.81 bits per heavy atom. The Hall–Kier alpha value is -1.13. The maximum Gasteiger partial charge on any atom is 0.171 e. The van der Waals surface area contributed by atoms with E-state index >= 15 is 0 Å². The lowest BCUT2D eigenvalue weighted by Crippen LogP contribution is -1.98. The lowest BCUT2D eigenvalue weighted by atomic mass is 10.4. The van der Waals surface area contributed by atoms with Crippen molar-refractivity contribution in [2.75, 3.05) is 0 Å². The van der Waals surface area contributed by atoms with E-state index in [1.165, 1.54) is 0 Å². The fourth-order valence-corrected chi connectivity index (χ4v) is 1.53. The van der Waals surface area contributed by atoms with E-state index in [1.54, 1.807) is 24.5 Å². The second kappa shape index (κ2) is 5.27. The van der Waals surface area contributed by atoms with E-state index in [0.29, 0.717) is 17.5 Å². The van der Waals surface area contributed by atoms with Crippen LogP contribution in [0.1, 0.15) is 5.69 Å². The van der Waals surface area contributed by atoms with Crippen molar-refractivity contribution >= 4 is 27.5 Å². The molecule has 0 aromatic carbocycles. The van der Waals surface area contributed by atoms with Crippen LogP contribution >= 0.6 is 27.5 Å². The number of hydrogen-bond acceptors (Lipinski definition) is 3. The number of hydrogen-bond donors (Lipinski definition) is 0. The Kier molecular flexibility index (Phi) is 3.74. The predicted octanol–water partition coefficient (Wildman–Crippen LogP) is 3.47. The van der Waals surface area contributed by atoms with Crippen LogP contribution in [0.3, 0.4) is 0 Å². The fourth-order valence-electron chi connectivity index (χ4n) is 1.12. The van der Waals surface area contributed by atoms with Crippen molar-refractivity contribution in [2.45, 2.75) is 6.61 Å². The number of nitrogens with zero attached hydrogens (tertiary/aromatic N) is 2. The molecule has 3 nitrogen and oxygen atoms in total. The molecule has 0 aliphatic heterocycles. The highest BCUT2D eigenvalue weighted by atomic mass is 79.9. The van der Waals surface area contributed by atoms with Gasteiger partial charge in [-0.05, 0) is 40.2 Å². The van der Waals surface area contributed by atoms with Crippen molar-refractivity contribution < 1.29 is 4.74 Å². The van der Waals surface area contributed by atoms with Gasteiger partial charge in [0, 0.05) is 16.9 Å². The van der Waals surface area contributed by atoms with E-state index in [0.717, 1.165) is 10.2 Å². The Balaban J connectivity index is 2.02. The van der Waals surface area contributed by atoms with E-state index < -0.39 is 0 Å². The van der Waals surface area contributed by atoms with Gasteiger partial charge in [0.15, 0.2) is 10.9 Å². The molecule has 0 amide bonds. The van der Waals surface area contributed by atoms with Gasteiger partial charge in [0.1, 0.15) is 6.61 Å². The van der Waals surface area contributed by atoms with Gasteiger partial charge in [0.2, 0.25) is 0 Å². The smallest absolute Gasteiger partial charge is 0.171 e. The van der Waals surface area contributed by atoms with Crippen LogP contribution in [0.15, 0.2) is 41.1 Å². The molecule has 0 spiro atoms. The van der Waals surface area contributed by atoms with E-state index in [1.807, 2.05) is 12.1 Å². The zero-order chi connectivity index (χ0) is 11.4. The zero-order valence-corrected chi connectivity index (χ0v) is 10.6. The first-order valence-electron chi connectivity index (χ1n) is 4.59. The number of halogens is 2. The van der Waals surface area contributed by atoms with Crippen molar-refractivity contribution in [2.24, 2.45) is 0 Å². The second-order valence-corrected chi connectivity index (χ2v) is 4.32. The summed E-state index contributed by atoms with van der Waals surface area (Å²) in [5.41, 5.74) is 0.836. The average molecular weight is 300 g/mol. The summed E-state index contributed by atoms with van der Waals surface area (Å²) in [4.78, 5) is 8.11. The molecule has 0 radical (unpaired) electrons. The normalized spacial score (nSPS) is 10.1. The molecule has 2 aromatic rings. The van der Waals surface area contributed by atoms with Crippen LogP contribution in [0.5, 0.6) is 5.75 Å². The molecule has 0 aliphatic rings. The Morgan fingerprint density at radius 2 is 2.12 bits per heavy atom. The molecule has 82 valence electrons. The van der Waals surface area contributed by atoms with Crippen LogP contribution in [0.25, 0.3) is 0 Å². The summed E-state index contributed by atoms with van der Waals surface area (Å²) in [5.74, 6) is 0.564. The van der Waals surface area contributed by atoms with Crippen molar-refractivity contribution in [3.05, 3.63) is 52.0 Å². The third-order valence-electron chi connectivity index (χ3n) is 1.89. The van der Waals surface area contributed by atoms with Gasteiger partial charge in [0.05, 0.1) is 5.69 Å². The molecule has 0 aliphatic carbocycles. The average Bonchev–Trinajstić information content (AvgIpc) is 2.30.